The molecule has 2 aromatic heterocycles. The monoisotopic (exact) mass is 386 g/mol. The first-order chi connectivity index (χ1) is 14.0. The third-order valence-corrected chi connectivity index (χ3v) is 5.29. The lowest BCUT2D eigenvalue weighted by atomic mass is 10.0. The van der Waals surface area contributed by atoms with Crippen molar-refractivity contribution in [2.75, 3.05) is 6.61 Å². The molecule has 1 amide bonds. The Hall–Kier alpha value is -3.63. The van der Waals surface area contributed by atoms with Gasteiger partial charge in [0, 0.05) is 18.0 Å². The van der Waals surface area contributed by atoms with Gasteiger partial charge in [0.05, 0.1) is 17.8 Å². The van der Waals surface area contributed by atoms with Gasteiger partial charge in [-0.3, -0.25) is 9.78 Å². The molecule has 3 N–H and O–H groups in total. The summed E-state index contributed by atoms with van der Waals surface area (Å²) in [5.74, 6) is 6.79. The maximum Gasteiger partial charge on any atom is 0.268 e. The summed E-state index contributed by atoms with van der Waals surface area (Å²) in [7, 11) is 0. The van der Waals surface area contributed by atoms with Crippen LogP contribution >= 0.6 is 0 Å². The van der Waals surface area contributed by atoms with Gasteiger partial charge in [0.2, 0.25) is 0 Å². The van der Waals surface area contributed by atoms with E-state index in [-0.39, 0.29) is 5.69 Å². The van der Waals surface area contributed by atoms with Crippen molar-refractivity contribution in [3.05, 3.63) is 65.2 Å². The maximum atomic E-state index is 11.5. The number of amides is 1. The molecule has 7 nitrogen and oxygen atoms in total. The van der Waals surface area contributed by atoms with Gasteiger partial charge in [0.1, 0.15) is 23.9 Å². The number of carbonyl (C=O) groups excluding carboxylic acids is 1. The fourth-order valence-electron chi connectivity index (χ4n) is 3.83. The van der Waals surface area contributed by atoms with E-state index in [1.165, 1.54) is 0 Å². The van der Waals surface area contributed by atoms with Crippen LogP contribution < -0.4 is 10.5 Å². The highest BCUT2D eigenvalue weighted by molar-refractivity contribution is 5.91. The summed E-state index contributed by atoms with van der Waals surface area (Å²) in [4.78, 5) is 20.2. The molecule has 1 unspecified atom stereocenters. The van der Waals surface area contributed by atoms with E-state index < -0.39 is 11.5 Å². The van der Waals surface area contributed by atoms with Crippen LogP contribution in [0.3, 0.4) is 0 Å². The Morgan fingerprint density at radius 2 is 2.24 bits per heavy atom. The number of hydrogen-bond acceptors (Lipinski definition) is 5. The van der Waals surface area contributed by atoms with E-state index >= 15 is 0 Å². The molecule has 144 valence electrons. The van der Waals surface area contributed by atoms with Crippen LogP contribution in [-0.4, -0.2) is 32.2 Å². The van der Waals surface area contributed by atoms with Crippen molar-refractivity contribution in [2.45, 2.75) is 25.0 Å². The second-order valence-electron chi connectivity index (χ2n) is 7.19. The van der Waals surface area contributed by atoms with Crippen LogP contribution in [-0.2, 0) is 18.6 Å². The molecule has 3 heterocycles. The predicted octanol–water partition coefficient (Wildman–Crippen LogP) is 1.62. The molecular formula is C22H18N4O3. The average molecular weight is 386 g/mol. The first-order valence-corrected chi connectivity index (χ1v) is 9.38. The smallest absolute Gasteiger partial charge is 0.268 e. The number of carbonyl (C=O) groups is 1. The van der Waals surface area contributed by atoms with Crippen molar-refractivity contribution in [1.29, 1.82) is 0 Å². The number of aromatic nitrogens is 3. The highest BCUT2D eigenvalue weighted by atomic mass is 16.5. The number of fused-ring (bicyclic) bond motifs is 4. The maximum absolute atomic E-state index is 11.5. The SMILES string of the molecule is NC(=O)c1cn2c(n1)-c1cc(C#CC3(O)CCc4cccnc43)ccc1OCC2. The highest BCUT2D eigenvalue weighted by Crippen LogP contribution is 2.35. The number of nitrogens with zero attached hydrogens (tertiary/aromatic N) is 3. The van der Waals surface area contributed by atoms with Crippen LogP contribution in [0.15, 0.2) is 42.7 Å². The summed E-state index contributed by atoms with van der Waals surface area (Å²) in [5, 5.41) is 11.0. The van der Waals surface area contributed by atoms with Crippen LogP contribution in [0.1, 0.15) is 33.7 Å². The number of pyridine rings is 1. The van der Waals surface area contributed by atoms with E-state index in [1.807, 2.05) is 34.9 Å². The van der Waals surface area contributed by atoms with Crippen molar-refractivity contribution in [2.24, 2.45) is 5.73 Å². The molecule has 29 heavy (non-hydrogen) atoms. The summed E-state index contributed by atoms with van der Waals surface area (Å²) >= 11 is 0. The summed E-state index contributed by atoms with van der Waals surface area (Å²) < 4.78 is 7.66. The van der Waals surface area contributed by atoms with E-state index in [9.17, 15) is 9.90 Å². The molecule has 7 heteroatoms. The predicted molar refractivity (Wildman–Crippen MR) is 105 cm³/mol. The largest absolute Gasteiger partial charge is 0.491 e. The Kier molecular flexibility index (Phi) is 3.89. The number of aliphatic hydroxyl groups is 1. The molecular weight excluding hydrogens is 368 g/mol. The van der Waals surface area contributed by atoms with Crippen molar-refractivity contribution >= 4 is 5.91 Å². The Bertz CT molecular complexity index is 1200. The molecule has 5 rings (SSSR count). The van der Waals surface area contributed by atoms with Crippen molar-refractivity contribution in [3.8, 4) is 29.0 Å². The molecule has 1 aromatic carbocycles. The van der Waals surface area contributed by atoms with E-state index in [0.29, 0.717) is 42.4 Å². The molecule has 0 saturated heterocycles. The molecule has 2 aliphatic rings. The standard InChI is InChI=1S/C22H18N4O3/c23-20(27)17-13-26-10-11-29-18-4-3-14(12-16(18)21(26)25-17)5-7-22(28)8-6-15-2-1-9-24-19(15)22/h1-4,9,12-13,28H,6,8,10-11H2,(H2,23,27). The van der Waals surface area contributed by atoms with Gasteiger partial charge in [-0.1, -0.05) is 17.9 Å². The topological polar surface area (TPSA) is 103 Å². The van der Waals surface area contributed by atoms with Gasteiger partial charge in [-0.2, -0.15) is 0 Å². The number of hydrogen-bond donors (Lipinski definition) is 2. The lowest BCUT2D eigenvalue weighted by molar-refractivity contribution is 0.0980. The van der Waals surface area contributed by atoms with E-state index in [0.717, 1.165) is 17.5 Å². The Morgan fingerprint density at radius 3 is 3.10 bits per heavy atom. The molecule has 1 atom stereocenters. The third kappa shape index (κ3) is 2.94. The van der Waals surface area contributed by atoms with Crippen LogP contribution in [0, 0.1) is 11.8 Å². The van der Waals surface area contributed by atoms with Crippen molar-refractivity contribution in [1.82, 2.24) is 14.5 Å². The molecule has 0 spiro atoms. The van der Waals surface area contributed by atoms with Gasteiger partial charge in [-0.05, 0) is 42.7 Å². The zero-order chi connectivity index (χ0) is 20.0. The van der Waals surface area contributed by atoms with Gasteiger partial charge in [0.25, 0.3) is 5.91 Å². The molecule has 0 radical (unpaired) electrons. The van der Waals surface area contributed by atoms with Crippen LogP contribution in [0.4, 0.5) is 0 Å². The van der Waals surface area contributed by atoms with Crippen molar-refractivity contribution < 1.29 is 14.6 Å². The minimum atomic E-state index is -1.25. The van der Waals surface area contributed by atoms with Gasteiger partial charge in [-0.25, -0.2) is 4.98 Å². The Morgan fingerprint density at radius 1 is 1.34 bits per heavy atom. The molecule has 0 bridgehead atoms. The summed E-state index contributed by atoms with van der Waals surface area (Å²) in [6.45, 7) is 1.02. The Labute approximate surface area is 167 Å². The molecule has 0 saturated carbocycles. The quantitative estimate of drug-likeness (QED) is 0.619. The van der Waals surface area contributed by atoms with E-state index in [4.69, 9.17) is 10.5 Å². The average Bonchev–Trinajstić information content (AvgIpc) is 3.25. The summed E-state index contributed by atoms with van der Waals surface area (Å²) in [5.41, 5.74) is 7.45. The number of ether oxygens (including phenoxy) is 1. The number of nitrogens with two attached hydrogens (primary N) is 1. The number of imidazole rings is 1. The van der Waals surface area contributed by atoms with Gasteiger partial charge >= 0.3 is 0 Å². The number of rotatable bonds is 1. The van der Waals surface area contributed by atoms with Gasteiger partial charge < -0.3 is 20.1 Å². The first-order valence-electron chi connectivity index (χ1n) is 9.38. The van der Waals surface area contributed by atoms with E-state index in [2.05, 4.69) is 21.8 Å². The van der Waals surface area contributed by atoms with Gasteiger partial charge in [0.15, 0.2) is 5.60 Å². The van der Waals surface area contributed by atoms with E-state index in [1.54, 1.807) is 12.4 Å². The number of benzene rings is 1. The molecule has 1 aliphatic heterocycles. The summed E-state index contributed by atoms with van der Waals surface area (Å²) in [6, 6.07) is 9.37. The number of primary amides is 1. The lowest BCUT2D eigenvalue weighted by Crippen LogP contribution is -2.20. The fraction of sp³-hybridized carbons (Fsp3) is 0.227. The second-order valence-corrected chi connectivity index (χ2v) is 7.19. The molecule has 1 aliphatic carbocycles. The first kappa shape index (κ1) is 17.5. The van der Waals surface area contributed by atoms with Crippen molar-refractivity contribution in [3.63, 3.8) is 0 Å². The van der Waals surface area contributed by atoms with Gasteiger partial charge in [-0.15, -0.1) is 0 Å². The summed E-state index contributed by atoms with van der Waals surface area (Å²) in [6.07, 6.45) is 4.58. The zero-order valence-electron chi connectivity index (χ0n) is 15.6. The van der Waals surface area contributed by atoms with Crippen LogP contribution in [0.5, 0.6) is 5.75 Å². The Balaban J connectivity index is 1.55. The zero-order valence-corrected chi connectivity index (χ0v) is 15.6. The normalized spacial score (nSPS) is 19.1. The number of aryl methyl sites for hydroxylation is 1. The van der Waals surface area contributed by atoms with Crippen LogP contribution in [0.25, 0.3) is 11.4 Å². The third-order valence-electron chi connectivity index (χ3n) is 5.29. The molecule has 3 aromatic rings. The minimum absolute atomic E-state index is 0.215. The molecule has 0 fully saturated rings. The fourth-order valence-corrected chi connectivity index (χ4v) is 3.83. The second kappa shape index (κ2) is 6.47. The van der Waals surface area contributed by atoms with Crippen LogP contribution in [0.2, 0.25) is 0 Å². The lowest BCUT2D eigenvalue weighted by Gasteiger charge is -2.15. The minimum Gasteiger partial charge on any atom is -0.491 e. The highest BCUT2D eigenvalue weighted by Gasteiger charge is 2.36.